The van der Waals surface area contributed by atoms with Gasteiger partial charge in [-0.3, -0.25) is 9.78 Å². The molecule has 3 rings (SSSR count). The normalized spacial score (nSPS) is 12.2. The van der Waals surface area contributed by atoms with E-state index in [1.54, 1.807) is 18.3 Å². The topological polar surface area (TPSA) is 71.5 Å². The summed E-state index contributed by atoms with van der Waals surface area (Å²) in [6, 6.07) is 15.8. The Morgan fingerprint density at radius 3 is 2.39 bits per heavy atom. The number of ether oxygens (including phenoxy) is 1. The van der Waals surface area contributed by atoms with E-state index in [0.29, 0.717) is 30.8 Å². The molecule has 0 saturated carbocycles. The first-order chi connectivity index (χ1) is 15.8. The number of rotatable bonds is 10. The van der Waals surface area contributed by atoms with Gasteiger partial charge in [0.2, 0.25) is 0 Å². The quantitative estimate of drug-likeness (QED) is 0.416. The lowest BCUT2D eigenvalue weighted by molar-refractivity contribution is -0.138. The Morgan fingerprint density at radius 1 is 1.09 bits per heavy atom. The number of nitrogens with zero attached hydrogens (tertiary/aromatic N) is 1. The molecular weight excluding hydrogens is 433 g/mol. The lowest BCUT2D eigenvalue weighted by Gasteiger charge is -2.17. The Balaban J connectivity index is 1.62. The molecular formula is C25H25F3N2O3. The van der Waals surface area contributed by atoms with Crippen molar-refractivity contribution in [2.75, 3.05) is 19.0 Å². The zero-order valence-corrected chi connectivity index (χ0v) is 18.1. The molecule has 1 aromatic heterocycles. The highest BCUT2D eigenvalue weighted by Gasteiger charge is 2.30. The number of carbonyl (C=O) groups is 1. The summed E-state index contributed by atoms with van der Waals surface area (Å²) in [6.45, 7) is 0.443. The second-order valence-corrected chi connectivity index (χ2v) is 7.61. The summed E-state index contributed by atoms with van der Waals surface area (Å²) in [7, 11) is 1.84. The highest BCUT2D eigenvalue weighted by atomic mass is 19.4. The number of anilines is 1. The smallest absolute Gasteiger partial charge is 0.416 e. The highest BCUT2D eigenvalue weighted by molar-refractivity contribution is 5.68. The van der Waals surface area contributed by atoms with Crippen LogP contribution in [0.15, 0.2) is 66.9 Å². The molecule has 33 heavy (non-hydrogen) atoms. The number of halogens is 3. The number of aromatic nitrogens is 1. The molecule has 0 bridgehead atoms. The third-order valence-electron chi connectivity index (χ3n) is 5.30. The Hall–Kier alpha value is -3.55. The SMILES string of the molecule is CNc1cccnc1CCOc1ccc(CC(CC(=O)O)c2ccc(C(F)(F)F)cc2)cc1. The van der Waals surface area contributed by atoms with E-state index in [1.165, 1.54) is 12.1 Å². The lowest BCUT2D eigenvalue weighted by atomic mass is 9.89. The van der Waals surface area contributed by atoms with E-state index in [0.717, 1.165) is 29.1 Å². The van der Waals surface area contributed by atoms with Crippen molar-refractivity contribution in [2.45, 2.75) is 31.4 Å². The molecule has 5 nitrogen and oxygen atoms in total. The fourth-order valence-corrected chi connectivity index (χ4v) is 3.60. The van der Waals surface area contributed by atoms with Gasteiger partial charge in [-0.25, -0.2) is 0 Å². The molecule has 0 amide bonds. The van der Waals surface area contributed by atoms with Crippen LogP contribution in [0.3, 0.4) is 0 Å². The second-order valence-electron chi connectivity index (χ2n) is 7.61. The maximum absolute atomic E-state index is 12.8. The molecule has 0 spiro atoms. The van der Waals surface area contributed by atoms with Crippen LogP contribution in [0.4, 0.5) is 18.9 Å². The lowest BCUT2D eigenvalue weighted by Crippen LogP contribution is -2.11. The Bertz CT molecular complexity index is 1050. The number of nitrogens with one attached hydrogen (secondary N) is 1. The van der Waals surface area contributed by atoms with Crippen molar-refractivity contribution in [3.8, 4) is 5.75 Å². The molecule has 174 valence electrons. The van der Waals surface area contributed by atoms with Gasteiger partial charge in [0, 0.05) is 19.7 Å². The summed E-state index contributed by atoms with van der Waals surface area (Å²) in [5.74, 6) is -0.777. The van der Waals surface area contributed by atoms with Crippen molar-refractivity contribution >= 4 is 11.7 Å². The van der Waals surface area contributed by atoms with Crippen molar-refractivity contribution in [2.24, 2.45) is 0 Å². The van der Waals surface area contributed by atoms with Crippen LogP contribution in [0.1, 0.15) is 34.7 Å². The maximum atomic E-state index is 12.8. The minimum absolute atomic E-state index is 0.179. The van der Waals surface area contributed by atoms with Gasteiger partial charge >= 0.3 is 12.1 Å². The van der Waals surface area contributed by atoms with Crippen molar-refractivity contribution in [1.29, 1.82) is 0 Å². The molecule has 0 aliphatic rings. The minimum atomic E-state index is -4.43. The largest absolute Gasteiger partial charge is 0.493 e. The summed E-state index contributed by atoms with van der Waals surface area (Å²) in [5, 5.41) is 12.4. The molecule has 0 aliphatic heterocycles. The van der Waals surface area contributed by atoms with Crippen molar-refractivity contribution in [3.05, 3.63) is 89.2 Å². The van der Waals surface area contributed by atoms with Gasteiger partial charge < -0.3 is 15.2 Å². The van der Waals surface area contributed by atoms with Gasteiger partial charge in [0.1, 0.15) is 5.75 Å². The molecule has 3 aromatic rings. The Morgan fingerprint density at radius 2 is 1.79 bits per heavy atom. The van der Waals surface area contributed by atoms with E-state index in [9.17, 15) is 23.1 Å². The molecule has 1 heterocycles. The minimum Gasteiger partial charge on any atom is -0.493 e. The average Bonchev–Trinajstić information content (AvgIpc) is 2.79. The average molecular weight is 458 g/mol. The summed E-state index contributed by atoms with van der Waals surface area (Å²) in [5.41, 5.74) is 2.53. The molecule has 0 aliphatic carbocycles. The predicted molar refractivity (Wildman–Crippen MR) is 120 cm³/mol. The standard InChI is InChI=1S/C25H25F3N2O3/c1-29-22-3-2-13-30-23(22)12-14-33-21-10-4-17(5-11-21)15-19(16-24(31)32)18-6-8-20(9-7-18)25(26,27)28/h2-11,13,19,29H,12,14-16H2,1H3,(H,31,32). The molecule has 2 aromatic carbocycles. The number of benzene rings is 2. The first-order valence-corrected chi connectivity index (χ1v) is 10.5. The van der Waals surface area contributed by atoms with E-state index < -0.39 is 23.6 Å². The molecule has 1 atom stereocenters. The van der Waals surface area contributed by atoms with Crippen molar-refractivity contribution < 1.29 is 27.8 Å². The zero-order chi connectivity index (χ0) is 23.8. The zero-order valence-electron chi connectivity index (χ0n) is 18.1. The first kappa shape index (κ1) is 24.1. The van der Waals surface area contributed by atoms with Gasteiger partial charge in [-0.2, -0.15) is 13.2 Å². The fourth-order valence-electron chi connectivity index (χ4n) is 3.60. The molecule has 0 radical (unpaired) electrons. The van der Waals surface area contributed by atoms with Crippen LogP contribution in [0.2, 0.25) is 0 Å². The summed E-state index contributed by atoms with van der Waals surface area (Å²) in [6.07, 6.45) is -1.86. The third kappa shape index (κ3) is 6.97. The van der Waals surface area contributed by atoms with Crippen LogP contribution in [0.25, 0.3) is 0 Å². The predicted octanol–water partition coefficient (Wildman–Crippen LogP) is 5.56. The summed E-state index contributed by atoms with van der Waals surface area (Å²) < 4.78 is 44.3. The summed E-state index contributed by atoms with van der Waals surface area (Å²) >= 11 is 0. The van der Waals surface area contributed by atoms with E-state index in [4.69, 9.17) is 4.74 Å². The highest BCUT2D eigenvalue weighted by Crippen LogP contribution is 2.32. The number of aliphatic carboxylic acids is 1. The van der Waals surface area contributed by atoms with Gasteiger partial charge in [-0.05, 0) is 59.9 Å². The number of hydrogen-bond donors (Lipinski definition) is 2. The summed E-state index contributed by atoms with van der Waals surface area (Å²) in [4.78, 5) is 15.7. The van der Waals surface area contributed by atoms with Gasteiger partial charge in [0.25, 0.3) is 0 Å². The molecule has 0 saturated heterocycles. The maximum Gasteiger partial charge on any atom is 0.416 e. The number of hydrogen-bond acceptors (Lipinski definition) is 4. The van der Waals surface area contributed by atoms with Crippen LogP contribution in [-0.4, -0.2) is 29.7 Å². The van der Waals surface area contributed by atoms with Gasteiger partial charge in [-0.15, -0.1) is 0 Å². The van der Waals surface area contributed by atoms with E-state index in [2.05, 4.69) is 10.3 Å². The second kappa shape index (κ2) is 10.8. The van der Waals surface area contributed by atoms with Gasteiger partial charge in [-0.1, -0.05) is 24.3 Å². The number of pyridine rings is 1. The first-order valence-electron chi connectivity index (χ1n) is 10.5. The fraction of sp³-hybridized carbons (Fsp3) is 0.280. The Labute approximate surface area is 190 Å². The van der Waals surface area contributed by atoms with E-state index >= 15 is 0 Å². The van der Waals surface area contributed by atoms with E-state index in [-0.39, 0.29) is 6.42 Å². The number of carboxylic acids is 1. The Kier molecular flexibility index (Phi) is 7.92. The monoisotopic (exact) mass is 458 g/mol. The van der Waals surface area contributed by atoms with Crippen LogP contribution >= 0.6 is 0 Å². The van der Waals surface area contributed by atoms with Gasteiger partial charge in [0.05, 0.1) is 30.0 Å². The third-order valence-corrected chi connectivity index (χ3v) is 5.30. The van der Waals surface area contributed by atoms with Crippen LogP contribution in [0, 0.1) is 0 Å². The van der Waals surface area contributed by atoms with E-state index in [1.807, 2.05) is 31.3 Å². The van der Waals surface area contributed by atoms with Crippen LogP contribution < -0.4 is 10.1 Å². The van der Waals surface area contributed by atoms with Crippen LogP contribution in [-0.2, 0) is 23.8 Å². The molecule has 1 unspecified atom stereocenters. The van der Waals surface area contributed by atoms with Crippen molar-refractivity contribution in [1.82, 2.24) is 4.98 Å². The van der Waals surface area contributed by atoms with Crippen molar-refractivity contribution in [3.63, 3.8) is 0 Å². The molecule has 8 heteroatoms. The number of carboxylic acid groups (broad SMARTS) is 1. The number of alkyl halides is 3. The van der Waals surface area contributed by atoms with Gasteiger partial charge in [0.15, 0.2) is 0 Å². The molecule has 2 N–H and O–H groups in total. The van der Waals surface area contributed by atoms with Crippen LogP contribution in [0.5, 0.6) is 5.75 Å². The molecule has 0 fully saturated rings.